The summed E-state index contributed by atoms with van der Waals surface area (Å²) in [7, 11) is 0. The molecule has 9 heteroatoms. The minimum atomic E-state index is -0.804. The molecule has 2 aromatic rings. The fraction of sp³-hybridized carbons (Fsp3) is 0.0625. The highest BCUT2D eigenvalue weighted by Gasteiger charge is 2.18. The summed E-state index contributed by atoms with van der Waals surface area (Å²) in [4.78, 5) is 44.4. The monoisotopic (exact) mass is 343 g/mol. The molecular formula is C16H13N3O6. The molecule has 0 heterocycles. The highest BCUT2D eigenvalue weighted by molar-refractivity contribution is 5.95. The molecule has 0 unspecified atom stereocenters. The van der Waals surface area contributed by atoms with Crippen LogP contribution < -0.4 is 11.5 Å². The van der Waals surface area contributed by atoms with Crippen molar-refractivity contribution in [2.24, 2.45) is 11.5 Å². The Hall–Kier alpha value is -3.75. The molecule has 2 amide bonds. The van der Waals surface area contributed by atoms with Gasteiger partial charge >= 0.3 is 5.97 Å². The average molecular weight is 343 g/mol. The van der Waals surface area contributed by atoms with Crippen LogP contribution in [-0.2, 0) is 11.3 Å². The molecule has 4 N–H and O–H groups in total. The number of carbonyl (C=O) groups excluding carboxylic acids is 3. The van der Waals surface area contributed by atoms with E-state index >= 15 is 0 Å². The zero-order valence-corrected chi connectivity index (χ0v) is 12.8. The van der Waals surface area contributed by atoms with E-state index in [2.05, 4.69) is 0 Å². The van der Waals surface area contributed by atoms with E-state index in [0.717, 1.165) is 6.07 Å². The molecule has 0 saturated carbocycles. The topological polar surface area (TPSA) is 156 Å². The van der Waals surface area contributed by atoms with Crippen molar-refractivity contribution in [2.45, 2.75) is 6.61 Å². The van der Waals surface area contributed by atoms with Crippen LogP contribution in [0.15, 0.2) is 42.5 Å². The number of primary amides is 2. The van der Waals surface area contributed by atoms with Gasteiger partial charge in [0.25, 0.3) is 5.69 Å². The van der Waals surface area contributed by atoms with Crippen molar-refractivity contribution >= 4 is 23.5 Å². The standard InChI is InChI=1S/C16H13N3O6/c17-14(20)9-1-3-10(4-2-9)16(22)25-8-12-6-5-11(15(18)21)7-13(12)19(23)24/h1-7H,8H2,(H2,17,20)(H2,18,21). The fourth-order valence-electron chi connectivity index (χ4n) is 2.01. The molecule has 0 fully saturated rings. The van der Waals surface area contributed by atoms with Crippen molar-refractivity contribution in [1.82, 2.24) is 0 Å². The molecule has 0 aliphatic rings. The number of hydrogen-bond acceptors (Lipinski definition) is 6. The maximum absolute atomic E-state index is 12.0. The van der Waals surface area contributed by atoms with E-state index in [0.29, 0.717) is 0 Å². The van der Waals surface area contributed by atoms with E-state index in [4.69, 9.17) is 16.2 Å². The number of ether oxygens (including phenoxy) is 1. The first kappa shape index (κ1) is 17.6. The molecule has 0 radical (unpaired) electrons. The zero-order chi connectivity index (χ0) is 18.6. The predicted molar refractivity (Wildman–Crippen MR) is 85.7 cm³/mol. The third kappa shape index (κ3) is 4.16. The van der Waals surface area contributed by atoms with Crippen LogP contribution in [0.4, 0.5) is 5.69 Å². The maximum atomic E-state index is 12.0. The van der Waals surface area contributed by atoms with Crippen molar-refractivity contribution in [3.05, 3.63) is 74.8 Å². The van der Waals surface area contributed by atoms with E-state index in [1.807, 2.05) is 0 Å². The number of carbonyl (C=O) groups is 3. The Morgan fingerprint density at radius 1 is 0.920 bits per heavy atom. The number of nitrogens with two attached hydrogens (primary N) is 2. The van der Waals surface area contributed by atoms with Crippen LogP contribution in [0.3, 0.4) is 0 Å². The highest BCUT2D eigenvalue weighted by atomic mass is 16.6. The maximum Gasteiger partial charge on any atom is 0.338 e. The zero-order valence-electron chi connectivity index (χ0n) is 12.8. The van der Waals surface area contributed by atoms with Crippen LogP contribution in [-0.4, -0.2) is 22.7 Å². The molecule has 2 rings (SSSR count). The lowest BCUT2D eigenvalue weighted by molar-refractivity contribution is -0.385. The quantitative estimate of drug-likeness (QED) is 0.455. The van der Waals surface area contributed by atoms with Gasteiger partial charge in [0, 0.05) is 17.2 Å². The molecule has 128 valence electrons. The van der Waals surface area contributed by atoms with Gasteiger partial charge in [-0.05, 0) is 36.4 Å². The summed E-state index contributed by atoms with van der Waals surface area (Å²) >= 11 is 0. The summed E-state index contributed by atoms with van der Waals surface area (Å²) in [5, 5.41) is 11.1. The Bertz CT molecular complexity index is 861. The Morgan fingerprint density at radius 3 is 1.96 bits per heavy atom. The van der Waals surface area contributed by atoms with Gasteiger partial charge in [-0.2, -0.15) is 0 Å². The largest absolute Gasteiger partial charge is 0.457 e. The molecule has 0 saturated heterocycles. The average Bonchev–Trinajstić information content (AvgIpc) is 2.59. The highest BCUT2D eigenvalue weighted by Crippen LogP contribution is 2.21. The number of nitrogens with zero attached hydrogens (tertiary/aromatic N) is 1. The molecule has 0 spiro atoms. The molecule has 0 bridgehead atoms. The van der Waals surface area contributed by atoms with Crippen LogP contribution >= 0.6 is 0 Å². The van der Waals surface area contributed by atoms with E-state index < -0.39 is 22.7 Å². The van der Waals surface area contributed by atoms with Gasteiger partial charge in [-0.15, -0.1) is 0 Å². The van der Waals surface area contributed by atoms with E-state index in [1.54, 1.807) is 0 Å². The minimum absolute atomic E-state index is 0.0242. The lowest BCUT2D eigenvalue weighted by Crippen LogP contribution is -2.13. The van der Waals surface area contributed by atoms with Gasteiger partial charge in [-0.1, -0.05) is 0 Å². The molecule has 25 heavy (non-hydrogen) atoms. The number of amides is 2. The summed E-state index contributed by atoms with van der Waals surface area (Å²) < 4.78 is 5.03. The summed E-state index contributed by atoms with van der Waals surface area (Å²) in [5.74, 6) is -2.17. The van der Waals surface area contributed by atoms with Gasteiger partial charge in [0.2, 0.25) is 11.8 Å². The summed E-state index contributed by atoms with van der Waals surface area (Å²) in [5.41, 5.74) is 10.3. The number of rotatable bonds is 6. The van der Waals surface area contributed by atoms with Crippen molar-refractivity contribution in [3.63, 3.8) is 0 Å². The Balaban J connectivity index is 2.14. The number of hydrogen-bond donors (Lipinski definition) is 2. The van der Waals surface area contributed by atoms with E-state index in [9.17, 15) is 24.5 Å². The molecule has 0 aliphatic carbocycles. The van der Waals surface area contributed by atoms with Gasteiger partial charge < -0.3 is 16.2 Å². The van der Waals surface area contributed by atoms with Gasteiger partial charge in [-0.3, -0.25) is 19.7 Å². The van der Waals surface area contributed by atoms with Crippen molar-refractivity contribution in [2.75, 3.05) is 0 Å². The smallest absolute Gasteiger partial charge is 0.338 e. The Kier molecular flexibility index (Phi) is 5.08. The number of nitro benzene ring substituents is 1. The molecule has 0 aliphatic heterocycles. The SMILES string of the molecule is NC(=O)c1ccc(C(=O)OCc2ccc(C(N)=O)cc2[N+](=O)[O-])cc1. The van der Waals surface area contributed by atoms with Gasteiger partial charge in [0.05, 0.1) is 16.1 Å². The Labute approximate surface area is 141 Å². The van der Waals surface area contributed by atoms with Crippen LogP contribution in [0.2, 0.25) is 0 Å². The van der Waals surface area contributed by atoms with E-state index in [-0.39, 0.29) is 34.5 Å². The summed E-state index contributed by atoms with van der Waals surface area (Å²) in [6.45, 7) is -0.369. The molecule has 0 atom stereocenters. The van der Waals surface area contributed by atoms with Crippen LogP contribution in [0.25, 0.3) is 0 Å². The first-order valence-corrected chi connectivity index (χ1v) is 6.93. The first-order valence-electron chi connectivity index (χ1n) is 6.93. The number of nitro groups is 1. The summed E-state index contributed by atoms with van der Waals surface area (Å²) in [6, 6.07) is 9.06. The van der Waals surface area contributed by atoms with Crippen molar-refractivity contribution in [1.29, 1.82) is 0 Å². The third-order valence-electron chi connectivity index (χ3n) is 3.33. The second-order valence-corrected chi connectivity index (χ2v) is 4.98. The predicted octanol–water partition coefficient (Wildman–Crippen LogP) is 1.15. The second-order valence-electron chi connectivity index (χ2n) is 4.98. The minimum Gasteiger partial charge on any atom is -0.457 e. The van der Waals surface area contributed by atoms with Crippen LogP contribution in [0.1, 0.15) is 36.6 Å². The first-order chi connectivity index (χ1) is 11.8. The molecule has 9 nitrogen and oxygen atoms in total. The third-order valence-corrected chi connectivity index (χ3v) is 3.33. The number of benzene rings is 2. The van der Waals surface area contributed by atoms with Gasteiger partial charge in [0.1, 0.15) is 6.61 Å². The molecular weight excluding hydrogens is 330 g/mol. The Morgan fingerprint density at radius 2 is 1.44 bits per heavy atom. The fourth-order valence-corrected chi connectivity index (χ4v) is 2.01. The van der Waals surface area contributed by atoms with Gasteiger partial charge in [0.15, 0.2) is 0 Å². The summed E-state index contributed by atoms with van der Waals surface area (Å²) in [6.07, 6.45) is 0. The van der Waals surface area contributed by atoms with Gasteiger partial charge in [-0.25, -0.2) is 4.79 Å². The normalized spacial score (nSPS) is 10.1. The lowest BCUT2D eigenvalue weighted by Gasteiger charge is -2.07. The lowest BCUT2D eigenvalue weighted by atomic mass is 10.1. The van der Waals surface area contributed by atoms with Crippen molar-refractivity contribution in [3.8, 4) is 0 Å². The van der Waals surface area contributed by atoms with E-state index in [1.165, 1.54) is 36.4 Å². The molecule has 2 aromatic carbocycles. The van der Waals surface area contributed by atoms with Crippen molar-refractivity contribution < 1.29 is 24.0 Å². The number of esters is 1. The van der Waals surface area contributed by atoms with Crippen LogP contribution in [0.5, 0.6) is 0 Å². The second kappa shape index (κ2) is 7.21. The van der Waals surface area contributed by atoms with Crippen LogP contribution in [0, 0.1) is 10.1 Å². The molecule has 0 aromatic heterocycles.